The van der Waals surface area contributed by atoms with Crippen molar-refractivity contribution in [1.82, 2.24) is 39.8 Å². The van der Waals surface area contributed by atoms with E-state index >= 15 is 0 Å². The van der Waals surface area contributed by atoms with E-state index < -0.39 is 23.8 Å². The number of imide groups is 2. The molecule has 7 heterocycles. The lowest BCUT2D eigenvalue weighted by Gasteiger charge is -2.45. The van der Waals surface area contributed by atoms with Crippen LogP contribution in [-0.4, -0.2) is 116 Å². The maximum atomic E-state index is 13.3. The van der Waals surface area contributed by atoms with Gasteiger partial charge in [-0.05, 0) is 106 Å². The topological polar surface area (TPSA) is 172 Å². The summed E-state index contributed by atoms with van der Waals surface area (Å²) in [6, 6.07) is 22.3. The summed E-state index contributed by atoms with van der Waals surface area (Å²) in [6.45, 7) is 8.21. The number of rotatable bonds is 10. The van der Waals surface area contributed by atoms with Crippen LogP contribution in [0.5, 0.6) is 11.5 Å². The molecule has 3 N–H and O–H groups in total. The number of ether oxygens (including phenoxy) is 1. The van der Waals surface area contributed by atoms with Crippen molar-refractivity contribution < 1.29 is 23.9 Å². The molecule has 0 spiro atoms. The SMILES string of the molecule is Nc1ncnc2c1c(-c1ccc(Oc3ccccc3)cc1)nn2C1CCN(CC2CCN(CC3CN(c4ccc5c(c4)C(=O)N(C4CCC(=O)NC4=O)C5=O)C3)CC2)CC1. The minimum Gasteiger partial charge on any atom is -0.457 e. The second-order valence-electron chi connectivity index (χ2n) is 16.9. The maximum absolute atomic E-state index is 13.3. The number of nitrogens with two attached hydrogens (primary N) is 1. The summed E-state index contributed by atoms with van der Waals surface area (Å²) >= 11 is 0. The molecule has 15 nitrogen and oxygen atoms in total. The van der Waals surface area contributed by atoms with Crippen LogP contribution in [0.2, 0.25) is 0 Å². The molecule has 4 fully saturated rings. The van der Waals surface area contributed by atoms with Crippen LogP contribution in [0.3, 0.4) is 0 Å². The fraction of sp³-hybridized carbons (Fsp3) is 0.400. The van der Waals surface area contributed by atoms with Gasteiger partial charge in [-0.25, -0.2) is 14.6 Å². The summed E-state index contributed by atoms with van der Waals surface area (Å²) in [5, 5.41) is 8.17. The normalized spacial score (nSPS) is 21.1. The number of nitrogen functional groups attached to an aromatic ring is 1. The van der Waals surface area contributed by atoms with Gasteiger partial charge in [-0.1, -0.05) is 18.2 Å². The molecular formula is C45H48N10O5. The molecule has 0 aliphatic carbocycles. The molecule has 1 atom stereocenters. The minimum atomic E-state index is -0.958. The van der Waals surface area contributed by atoms with Gasteiger partial charge in [0.05, 0.1) is 22.6 Å². The van der Waals surface area contributed by atoms with Crippen LogP contribution >= 0.6 is 0 Å². The number of piperidine rings is 3. The summed E-state index contributed by atoms with van der Waals surface area (Å²) < 4.78 is 8.09. The Morgan fingerprint density at radius 3 is 2.15 bits per heavy atom. The number of nitrogens with zero attached hydrogens (tertiary/aromatic N) is 8. The third-order valence-electron chi connectivity index (χ3n) is 13.0. The Morgan fingerprint density at radius 2 is 1.42 bits per heavy atom. The maximum Gasteiger partial charge on any atom is 0.262 e. The first-order valence-corrected chi connectivity index (χ1v) is 21.1. The van der Waals surface area contributed by atoms with Crippen molar-refractivity contribution in [3.8, 4) is 22.8 Å². The molecule has 0 radical (unpaired) electrons. The van der Waals surface area contributed by atoms with E-state index in [1.54, 1.807) is 12.1 Å². The number of benzene rings is 3. The first kappa shape index (κ1) is 38.0. The fourth-order valence-corrected chi connectivity index (χ4v) is 9.74. The van der Waals surface area contributed by atoms with Gasteiger partial charge in [-0.3, -0.25) is 29.4 Å². The van der Waals surface area contributed by atoms with Gasteiger partial charge >= 0.3 is 0 Å². The van der Waals surface area contributed by atoms with Crippen molar-refractivity contribution in [1.29, 1.82) is 0 Å². The fourth-order valence-electron chi connectivity index (χ4n) is 9.74. The zero-order valence-corrected chi connectivity index (χ0v) is 33.4. The van der Waals surface area contributed by atoms with E-state index in [4.69, 9.17) is 15.6 Å². The first-order valence-electron chi connectivity index (χ1n) is 21.1. The van der Waals surface area contributed by atoms with Crippen LogP contribution in [0.4, 0.5) is 11.5 Å². The summed E-state index contributed by atoms with van der Waals surface area (Å²) in [5.41, 5.74) is 10.5. The smallest absolute Gasteiger partial charge is 0.262 e. The number of fused-ring (bicyclic) bond motifs is 2. The summed E-state index contributed by atoms with van der Waals surface area (Å²) in [7, 11) is 0. The molecule has 0 saturated carbocycles. The second-order valence-corrected chi connectivity index (χ2v) is 16.9. The van der Waals surface area contributed by atoms with Crippen LogP contribution in [0.25, 0.3) is 22.3 Å². The Labute approximate surface area is 347 Å². The molecule has 3 aromatic carbocycles. The monoisotopic (exact) mass is 808 g/mol. The van der Waals surface area contributed by atoms with E-state index in [9.17, 15) is 19.2 Å². The Kier molecular flexibility index (Phi) is 10.00. The van der Waals surface area contributed by atoms with Crippen LogP contribution in [0.1, 0.15) is 65.3 Å². The van der Waals surface area contributed by atoms with E-state index in [1.807, 2.05) is 60.7 Å². The summed E-state index contributed by atoms with van der Waals surface area (Å²) in [5.74, 6) is 1.27. The largest absolute Gasteiger partial charge is 0.457 e. The van der Waals surface area contributed by atoms with Gasteiger partial charge in [0.25, 0.3) is 11.8 Å². The van der Waals surface area contributed by atoms with Crippen molar-refractivity contribution >= 4 is 46.2 Å². The number of para-hydroxylation sites is 1. The zero-order valence-electron chi connectivity index (χ0n) is 33.4. The van der Waals surface area contributed by atoms with Gasteiger partial charge < -0.3 is 25.2 Å². The number of likely N-dealkylation sites (tertiary alicyclic amines) is 2. The number of anilines is 2. The molecule has 4 amide bonds. The van der Waals surface area contributed by atoms with Gasteiger partial charge in [-0.2, -0.15) is 5.10 Å². The highest BCUT2D eigenvalue weighted by Crippen LogP contribution is 2.37. The van der Waals surface area contributed by atoms with Crippen LogP contribution in [0.15, 0.2) is 79.1 Å². The zero-order chi connectivity index (χ0) is 40.9. The van der Waals surface area contributed by atoms with E-state index in [1.165, 1.54) is 19.2 Å². The Hall–Kier alpha value is -6.19. The molecule has 60 heavy (non-hydrogen) atoms. The van der Waals surface area contributed by atoms with Crippen molar-refractivity contribution in [2.45, 2.75) is 50.6 Å². The molecular weight excluding hydrogens is 761 g/mol. The Bertz CT molecular complexity index is 2450. The molecule has 4 saturated heterocycles. The van der Waals surface area contributed by atoms with Crippen LogP contribution in [-0.2, 0) is 9.59 Å². The van der Waals surface area contributed by atoms with Crippen molar-refractivity contribution in [3.63, 3.8) is 0 Å². The molecule has 10 rings (SSSR count). The van der Waals surface area contributed by atoms with Gasteiger partial charge in [0.1, 0.15) is 35.4 Å². The Morgan fingerprint density at radius 1 is 0.733 bits per heavy atom. The number of hydrogen-bond acceptors (Lipinski definition) is 12. The number of amides is 4. The summed E-state index contributed by atoms with van der Waals surface area (Å²) in [6.07, 6.45) is 6.16. The lowest BCUT2D eigenvalue weighted by molar-refractivity contribution is -0.136. The van der Waals surface area contributed by atoms with E-state index in [-0.39, 0.29) is 24.8 Å². The van der Waals surface area contributed by atoms with Gasteiger partial charge in [0.2, 0.25) is 11.8 Å². The molecule has 5 aliphatic heterocycles. The molecule has 5 aliphatic rings. The van der Waals surface area contributed by atoms with Crippen LogP contribution < -0.4 is 20.7 Å². The quantitative estimate of drug-likeness (QED) is 0.186. The average Bonchev–Trinajstić information content (AvgIpc) is 3.76. The van der Waals surface area contributed by atoms with E-state index in [0.717, 1.165) is 110 Å². The molecule has 1 unspecified atom stereocenters. The molecule has 0 bridgehead atoms. The predicted molar refractivity (Wildman–Crippen MR) is 224 cm³/mol. The molecule has 15 heteroatoms. The molecule has 2 aromatic heterocycles. The van der Waals surface area contributed by atoms with Crippen LogP contribution in [0, 0.1) is 11.8 Å². The highest BCUT2D eigenvalue weighted by Gasteiger charge is 2.45. The summed E-state index contributed by atoms with van der Waals surface area (Å²) in [4.78, 5) is 68.0. The highest BCUT2D eigenvalue weighted by molar-refractivity contribution is 6.23. The van der Waals surface area contributed by atoms with Crippen molar-refractivity contribution in [2.75, 3.05) is 63.0 Å². The van der Waals surface area contributed by atoms with E-state index in [0.29, 0.717) is 28.8 Å². The van der Waals surface area contributed by atoms with Gasteiger partial charge in [0.15, 0.2) is 5.65 Å². The van der Waals surface area contributed by atoms with Crippen molar-refractivity contribution in [2.24, 2.45) is 11.8 Å². The number of nitrogens with one attached hydrogen (secondary N) is 1. The molecule has 5 aromatic rings. The Balaban J connectivity index is 0.690. The number of carbonyl (C=O) groups excluding carboxylic acids is 4. The number of carbonyl (C=O) groups is 4. The third-order valence-corrected chi connectivity index (χ3v) is 13.0. The first-order chi connectivity index (χ1) is 29.3. The second kappa shape index (κ2) is 15.8. The van der Waals surface area contributed by atoms with Gasteiger partial charge in [-0.15, -0.1) is 0 Å². The predicted octanol–water partition coefficient (Wildman–Crippen LogP) is 4.75. The minimum absolute atomic E-state index is 0.103. The lowest BCUT2D eigenvalue weighted by Crippen LogP contribution is -2.54. The van der Waals surface area contributed by atoms with E-state index in [2.05, 4.69) is 34.7 Å². The molecule has 308 valence electrons. The number of aromatic nitrogens is 4. The number of hydrogen-bond donors (Lipinski definition) is 2. The average molecular weight is 809 g/mol. The standard InChI is InChI=1S/C45H48N10O5/c46-41-39-40(30-6-9-34(10-7-30)60-33-4-2-1-3-5-33)50-55(42(39)48-27-47-41)31-16-20-52(21-17-31)23-28-14-18-51(19-15-28)24-29-25-53(26-29)32-8-11-35-36(22-32)45(59)54(44(35)58)37-12-13-38(56)49-43(37)57/h1-11,22,27-29,31,37H,12-21,23-26H2,(H2,46,47,48)(H,49,56,57). The highest BCUT2D eigenvalue weighted by atomic mass is 16.5. The lowest BCUT2D eigenvalue weighted by atomic mass is 9.92. The van der Waals surface area contributed by atoms with Gasteiger partial charge in [0, 0.05) is 62.9 Å². The van der Waals surface area contributed by atoms with Crippen molar-refractivity contribution in [3.05, 3.63) is 90.3 Å². The third kappa shape index (κ3) is 7.25.